The van der Waals surface area contributed by atoms with Crippen LogP contribution in [0.5, 0.6) is 0 Å². The summed E-state index contributed by atoms with van der Waals surface area (Å²) in [6.07, 6.45) is 0. The van der Waals surface area contributed by atoms with Gasteiger partial charge in [-0.3, -0.25) is 0 Å². The van der Waals surface area contributed by atoms with E-state index in [2.05, 4.69) is 4.72 Å². The molecule has 1 aromatic heterocycles. The van der Waals surface area contributed by atoms with Gasteiger partial charge >= 0.3 is 0 Å². The van der Waals surface area contributed by atoms with Crippen LogP contribution in [0.3, 0.4) is 0 Å². The molecule has 0 saturated carbocycles. The van der Waals surface area contributed by atoms with E-state index < -0.39 is 16.1 Å². The Bertz CT molecular complexity index is 683. The van der Waals surface area contributed by atoms with Crippen molar-refractivity contribution in [2.75, 3.05) is 0 Å². The number of hydrogen-bond donors (Lipinski definition) is 1. The minimum Gasteiger partial charge on any atom is -0.206 e. The van der Waals surface area contributed by atoms with E-state index in [4.69, 9.17) is 23.2 Å². The van der Waals surface area contributed by atoms with Gasteiger partial charge in [-0.2, -0.15) is 0 Å². The molecule has 0 aliphatic heterocycles. The van der Waals surface area contributed by atoms with Crippen LogP contribution in [0.1, 0.15) is 18.5 Å². The molecule has 1 atom stereocenters. The topological polar surface area (TPSA) is 46.2 Å². The van der Waals surface area contributed by atoms with Crippen LogP contribution in [0.4, 0.5) is 0 Å². The lowest BCUT2D eigenvalue weighted by atomic mass is 10.1. The lowest BCUT2D eigenvalue weighted by molar-refractivity contribution is 0.569. The number of hydrogen-bond acceptors (Lipinski definition) is 3. The first kappa shape index (κ1) is 14.8. The molecule has 0 saturated heterocycles. The van der Waals surface area contributed by atoms with E-state index in [0.717, 1.165) is 16.9 Å². The molecule has 7 heteroatoms. The van der Waals surface area contributed by atoms with Crippen molar-refractivity contribution < 1.29 is 8.42 Å². The summed E-state index contributed by atoms with van der Waals surface area (Å²) in [5, 5.41) is 0.530. The lowest BCUT2D eigenvalue weighted by Crippen LogP contribution is -2.26. The quantitative estimate of drug-likeness (QED) is 0.914. The molecule has 0 fully saturated rings. The molecule has 0 amide bonds. The van der Waals surface area contributed by atoms with Gasteiger partial charge in [0, 0.05) is 11.1 Å². The summed E-state index contributed by atoms with van der Waals surface area (Å²) >= 11 is 12.8. The van der Waals surface area contributed by atoms with Crippen LogP contribution >= 0.6 is 34.5 Å². The third-order valence-corrected chi connectivity index (χ3v) is 6.12. The molecule has 1 N–H and O–H groups in total. The average molecular weight is 336 g/mol. The van der Waals surface area contributed by atoms with Crippen LogP contribution in [0.15, 0.2) is 40.6 Å². The highest BCUT2D eigenvalue weighted by molar-refractivity contribution is 7.91. The van der Waals surface area contributed by atoms with Gasteiger partial charge in [0.1, 0.15) is 4.21 Å². The Labute approximate surface area is 126 Å². The molecular formula is C12H11Cl2NO2S2. The molecule has 1 heterocycles. The molecule has 2 rings (SSSR count). The van der Waals surface area contributed by atoms with E-state index in [9.17, 15) is 8.42 Å². The molecule has 3 nitrogen and oxygen atoms in total. The normalized spacial score (nSPS) is 13.4. The molecule has 102 valence electrons. The summed E-state index contributed by atoms with van der Waals surface area (Å²) in [6, 6.07) is 9.75. The first-order valence-electron chi connectivity index (χ1n) is 5.42. The fourth-order valence-electron chi connectivity index (χ4n) is 1.62. The molecular weight excluding hydrogens is 325 g/mol. The van der Waals surface area contributed by atoms with Crippen LogP contribution in [-0.4, -0.2) is 8.42 Å². The van der Waals surface area contributed by atoms with Gasteiger partial charge in [0.05, 0.1) is 4.34 Å². The molecule has 1 unspecified atom stereocenters. The van der Waals surface area contributed by atoms with Crippen LogP contribution in [0.25, 0.3) is 0 Å². The van der Waals surface area contributed by atoms with E-state index >= 15 is 0 Å². The zero-order valence-corrected chi connectivity index (χ0v) is 13.1. The predicted octanol–water partition coefficient (Wildman–Crippen LogP) is 4.09. The van der Waals surface area contributed by atoms with Crippen molar-refractivity contribution in [3.8, 4) is 0 Å². The molecule has 0 bridgehead atoms. The number of nitrogens with one attached hydrogen (secondary N) is 1. The number of halogens is 2. The molecule has 0 aliphatic carbocycles. The second kappa shape index (κ2) is 5.81. The zero-order valence-electron chi connectivity index (χ0n) is 9.93. The number of thiophene rings is 1. The van der Waals surface area contributed by atoms with Gasteiger partial charge in [-0.15, -0.1) is 11.3 Å². The number of sulfonamides is 1. The maximum atomic E-state index is 12.1. The van der Waals surface area contributed by atoms with Crippen LogP contribution < -0.4 is 4.72 Å². The maximum Gasteiger partial charge on any atom is 0.250 e. The highest BCUT2D eigenvalue weighted by Crippen LogP contribution is 2.28. The Hall–Kier alpha value is -0.590. The number of benzene rings is 1. The Balaban J connectivity index is 2.24. The van der Waals surface area contributed by atoms with E-state index in [1.54, 1.807) is 31.2 Å². The summed E-state index contributed by atoms with van der Waals surface area (Å²) in [5.41, 5.74) is 0.732. The van der Waals surface area contributed by atoms with Crippen LogP contribution in [0.2, 0.25) is 9.36 Å². The summed E-state index contributed by atoms with van der Waals surface area (Å²) in [4.78, 5) is 0. The van der Waals surface area contributed by atoms with E-state index in [-0.39, 0.29) is 4.21 Å². The second-order valence-corrected chi connectivity index (χ2v) is 7.99. The number of rotatable bonds is 4. The Morgan fingerprint density at radius 2 is 1.84 bits per heavy atom. The van der Waals surface area contributed by atoms with Gasteiger partial charge in [0.25, 0.3) is 10.0 Å². The minimum absolute atomic E-state index is 0.191. The molecule has 19 heavy (non-hydrogen) atoms. The van der Waals surface area contributed by atoms with Crippen molar-refractivity contribution in [1.82, 2.24) is 4.72 Å². The first-order valence-corrected chi connectivity index (χ1v) is 8.48. The van der Waals surface area contributed by atoms with Gasteiger partial charge in [0.15, 0.2) is 0 Å². The predicted molar refractivity (Wildman–Crippen MR) is 79.5 cm³/mol. The van der Waals surface area contributed by atoms with Crippen molar-refractivity contribution in [2.45, 2.75) is 17.2 Å². The maximum absolute atomic E-state index is 12.1. The molecule has 2 aromatic rings. The van der Waals surface area contributed by atoms with Crippen molar-refractivity contribution in [3.05, 3.63) is 51.3 Å². The summed E-state index contributed by atoms with van der Waals surface area (Å²) in [7, 11) is -3.58. The molecule has 0 aliphatic rings. The highest BCUT2D eigenvalue weighted by Gasteiger charge is 2.21. The average Bonchev–Trinajstić information content (AvgIpc) is 2.76. The highest BCUT2D eigenvalue weighted by atomic mass is 35.5. The summed E-state index contributed by atoms with van der Waals surface area (Å²) < 4.78 is 27.5. The van der Waals surface area contributed by atoms with Crippen LogP contribution in [0, 0.1) is 0 Å². The Morgan fingerprint density at radius 1 is 1.16 bits per heavy atom. The standard InChI is InChI=1S/C12H11Cl2NO2S2/c1-8(9-4-2-3-5-10(9)13)15-19(16,17)12-7-6-11(14)18-12/h2-8,15H,1H3. The van der Waals surface area contributed by atoms with Gasteiger partial charge < -0.3 is 0 Å². The second-order valence-electron chi connectivity index (χ2n) is 3.92. The SMILES string of the molecule is CC(NS(=O)(=O)c1ccc(Cl)s1)c1ccccc1Cl. The lowest BCUT2D eigenvalue weighted by Gasteiger charge is -2.15. The van der Waals surface area contributed by atoms with Crippen molar-refractivity contribution >= 4 is 44.6 Å². The van der Waals surface area contributed by atoms with Crippen LogP contribution in [-0.2, 0) is 10.0 Å². The van der Waals surface area contributed by atoms with E-state index in [1.165, 1.54) is 6.07 Å². The summed E-state index contributed by atoms with van der Waals surface area (Å²) in [6.45, 7) is 1.74. The molecule has 1 aromatic carbocycles. The van der Waals surface area contributed by atoms with E-state index in [1.807, 2.05) is 6.07 Å². The Morgan fingerprint density at radius 3 is 2.42 bits per heavy atom. The zero-order chi connectivity index (χ0) is 14.0. The molecule has 0 radical (unpaired) electrons. The largest absolute Gasteiger partial charge is 0.250 e. The van der Waals surface area contributed by atoms with Gasteiger partial charge in [-0.05, 0) is 30.7 Å². The third kappa shape index (κ3) is 3.49. The fraction of sp³-hybridized carbons (Fsp3) is 0.167. The third-order valence-electron chi connectivity index (χ3n) is 2.52. The smallest absolute Gasteiger partial charge is 0.206 e. The van der Waals surface area contributed by atoms with Crippen molar-refractivity contribution in [2.24, 2.45) is 0 Å². The van der Waals surface area contributed by atoms with Gasteiger partial charge in [-0.1, -0.05) is 41.4 Å². The van der Waals surface area contributed by atoms with Gasteiger partial charge in [-0.25, -0.2) is 13.1 Å². The van der Waals surface area contributed by atoms with E-state index in [0.29, 0.717) is 9.36 Å². The van der Waals surface area contributed by atoms with Crippen molar-refractivity contribution in [3.63, 3.8) is 0 Å². The Kier molecular flexibility index (Phi) is 4.53. The fourth-order valence-corrected chi connectivity index (χ4v) is 4.64. The molecule has 0 spiro atoms. The van der Waals surface area contributed by atoms with Crippen molar-refractivity contribution in [1.29, 1.82) is 0 Å². The van der Waals surface area contributed by atoms with Gasteiger partial charge in [0.2, 0.25) is 0 Å². The minimum atomic E-state index is -3.58. The summed E-state index contributed by atoms with van der Waals surface area (Å²) in [5.74, 6) is 0. The monoisotopic (exact) mass is 335 g/mol. The first-order chi connectivity index (χ1) is 8.90.